The van der Waals surface area contributed by atoms with Crippen LogP contribution >= 0.6 is 23.3 Å². The van der Waals surface area contributed by atoms with Gasteiger partial charge in [0, 0.05) is 18.3 Å². The molecule has 0 radical (unpaired) electrons. The third-order valence-corrected chi connectivity index (χ3v) is 5.70. The van der Waals surface area contributed by atoms with Crippen molar-refractivity contribution in [3.8, 4) is 11.5 Å². The normalized spacial score (nSPS) is 14.0. The summed E-state index contributed by atoms with van der Waals surface area (Å²) in [5.41, 5.74) is 0.661. The van der Waals surface area contributed by atoms with Gasteiger partial charge in [0.2, 0.25) is 0 Å². The van der Waals surface area contributed by atoms with Gasteiger partial charge in [-0.15, -0.1) is 10.2 Å². The Morgan fingerprint density at radius 2 is 2.23 bits per heavy atom. The molecule has 0 atom stereocenters. The van der Waals surface area contributed by atoms with Gasteiger partial charge in [-0.2, -0.15) is 4.37 Å². The number of nitrogens with zero attached hydrogens (tertiary/aromatic N) is 7. The number of hydrogen-bond donors (Lipinski definition) is 0. The SMILES string of the molecule is c1coc(Cn2c(Sc3nc(C4CC4)ns3)nnc2-c2cnccn2)c1. The van der Waals surface area contributed by atoms with Crippen molar-refractivity contribution in [3.05, 3.63) is 48.6 Å². The summed E-state index contributed by atoms with van der Waals surface area (Å²) in [5, 5.41) is 9.39. The van der Waals surface area contributed by atoms with E-state index in [-0.39, 0.29) is 0 Å². The summed E-state index contributed by atoms with van der Waals surface area (Å²) in [6, 6.07) is 3.78. The molecule has 4 heterocycles. The Bertz CT molecular complexity index is 1010. The fourth-order valence-corrected chi connectivity index (χ4v) is 4.13. The van der Waals surface area contributed by atoms with E-state index in [4.69, 9.17) is 4.42 Å². The Morgan fingerprint density at radius 1 is 1.27 bits per heavy atom. The van der Waals surface area contributed by atoms with Gasteiger partial charge in [-0.1, -0.05) is 0 Å². The van der Waals surface area contributed by atoms with Gasteiger partial charge in [0.05, 0.1) is 19.0 Å². The molecule has 1 aliphatic carbocycles. The molecule has 1 aliphatic rings. The van der Waals surface area contributed by atoms with Crippen LogP contribution in [-0.4, -0.2) is 34.1 Å². The molecule has 1 saturated carbocycles. The highest BCUT2D eigenvalue weighted by molar-refractivity contribution is 8.00. The van der Waals surface area contributed by atoms with Gasteiger partial charge in [-0.25, -0.2) is 9.97 Å². The first-order valence-corrected chi connectivity index (χ1v) is 9.69. The molecule has 130 valence electrons. The highest BCUT2D eigenvalue weighted by Crippen LogP contribution is 2.40. The van der Waals surface area contributed by atoms with Crippen molar-refractivity contribution in [3.63, 3.8) is 0 Å². The fraction of sp³-hybridized carbons (Fsp3) is 0.250. The Hall–Kier alpha value is -2.59. The van der Waals surface area contributed by atoms with Crippen LogP contribution in [0.5, 0.6) is 0 Å². The maximum absolute atomic E-state index is 5.50. The Labute approximate surface area is 156 Å². The molecule has 0 N–H and O–H groups in total. The maximum Gasteiger partial charge on any atom is 0.199 e. The number of rotatable bonds is 6. The summed E-state index contributed by atoms with van der Waals surface area (Å²) in [6.45, 7) is 0.503. The second-order valence-electron chi connectivity index (χ2n) is 5.86. The number of aromatic nitrogens is 7. The predicted molar refractivity (Wildman–Crippen MR) is 94.9 cm³/mol. The Morgan fingerprint density at radius 3 is 3.00 bits per heavy atom. The van der Waals surface area contributed by atoms with E-state index in [1.54, 1.807) is 24.9 Å². The minimum Gasteiger partial charge on any atom is -0.467 e. The fourth-order valence-electron chi connectivity index (χ4n) is 2.52. The summed E-state index contributed by atoms with van der Waals surface area (Å²) < 4.78 is 12.8. The molecule has 4 aromatic heterocycles. The van der Waals surface area contributed by atoms with E-state index < -0.39 is 0 Å². The van der Waals surface area contributed by atoms with Crippen LogP contribution in [0.25, 0.3) is 11.5 Å². The number of furan rings is 1. The van der Waals surface area contributed by atoms with Gasteiger partial charge in [0.15, 0.2) is 15.3 Å². The van der Waals surface area contributed by atoms with Crippen LogP contribution in [0.4, 0.5) is 0 Å². The zero-order chi connectivity index (χ0) is 17.3. The van der Waals surface area contributed by atoms with Crippen LogP contribution in [0.15, 0.2) is 50.9 Å². The largest absolute Gasteiger partial charge is 0.467 e. The van der Waals surface area contributed by atoms with Crippen LogP contribution in [0.3, 0.4) is 0 Å². The second-order valence-corrected chi connectivity index (χ2v) is 7.82. The van der Waals surface area contributed by atoms with Crippen LogP contribution in [0, 0.1) is 0 Å². The maximum atomic E-state index is 5.50. The Kier molecular flexibility index (Phi) is 3.98. The molecule has 0 aromatic carbocycles. The molecule has 5 rings (SSSR count). The first kappa shape index (κ1) is 15.6. The molecule has 0 saturated heterocycles. The van der Waals surface area contributed by atoms with E-state index in [9.17, 15) is 0 Å². The van der Waals surface area contributed by atoms with Crippen molar-refractivity contribution in [2.24, 2.45) is 0 Å². The number of hydrogen-bond acceptors (Lipinski definition) is 9. The standard InChI is InChI=1S/C16H13N7OS2/c1-2-11(24-7-1)9-23-14(12-8-17-5-6-18-12)20-21-15(23)25-16-19-13(22-26-16)10-3-4-10/h1-2,5-8,10H,3-4,9H2. The topological polar surface area (TPSA) is 95.4 Å². The lowest BCUT2D eigenvalue weighted by molar-refractivity contribution is 0.485. The van der Waals surface area contributed by atoms with Crippen LogP contribution in [0.1, 0.15) is 30.3 Å². The van der Waals surface area contributed by atoms with Crippen molar-refractivity contribution in [1.29, 1.82) is 0 Å². The molecule has 10 heteroatoms. The molecular formula is C16H13N7OS2. The van der Waals surface area contributed by atoms with E-state index >= 15 is 0 Å². The van der Waals surface area contributed by atoms with Crippen LogP contribution < -0.4 is 0 Å². The van der Waals surface area contributed by atoms with Crippen molar-refractivity contribution >= 4 is 23.3 Å². The lowest BCUT2D eigenvalue weighted by Crippen LogP contribution is -2.04. The summed E-state index contributed by atoms with van der Waals surface area (Å²) in [4.78, 5) is 13.1. The van der Waals surface area contributed by atoms with Gasteiger partial charge >= 0.3 is 0 Å². The molecule has 0 aliphatic heterocycles. The summed E-state index contributed by atoms with van der Waals surface area (Å²) in [6.07, 6.45) is 8.97. The highest BCUT2D eigenvalue weighted by atomic mass is 32.2. The van der Waals surface area contributed by atoms with Crippen molar-refractivity contribution in [2.75, 3.05) is 0 Å². The molecule has 4 aromatic rings. The first-order chi connectivity index (χ1) is 12.9. The molecule has 8 nitrogen and oxygen atoms in total. The zero-order valence-electron chi connectivity index (χ0n) is 13.5. The van der Waals surface area contributed by atoms with E-state index in [1.807, 2.05) is 16.7 Å². The predicted octanol–water partition coefficient (Wildman–Crippen LogP) is 3.26. The lowest BCUT2D eigenvalue weighted by atomic mass is 10.4. The molecular weight excluding hydrogens is 370 g/mol. The molecule has 0 amide bonds. The average Bonchev–Trinajstić information content (AvgIpc) is 3.07. The van der Waals surface area contributed by atoms with E-state index in [2.05, 4.69) is 29.5 Å². The lowest BCUT2D eigenvalue weighted by Gasteiger charge is -2.07. The van der Waals surface area contributed by atoms with Crippen LogP contribution in [-0.2, 0) is 6.54 Å². The molecule has 0 spiro atoms. The molecule has 0 unspecified atom stereocenters. The third-order valence-electron chi connectivity index (χ3n) is 3.95. The summed E-state index contributed by atoms with van der Waals surface area (Å²) in [7, 11) is 0. The molecule has 1 fully saturated rings. The Balaban J connectivity index is 1.50. The van der Waals surface area contributed by atoms with Gasteiger partial charge in [0.25, 0.3) is 0 Å². The smallest absolute Gasteiger partial charge is 0.199 e. The van der Waals surface area contributed by atoms with Gasteiger partial charge in [0.1, 0.15) is 17.3 Å². The van der Waals surface area contributed by atoms with E-state index in [1.165, 1.54) is 36.1 Å². The third kappa shape index (κ3) is 3.13. The molecule has 26 heavy (non-hydrogen) atoms. The minimum atomic E-state index is 0.503. The second kappa shape index (κ2) is 6.61. The average molecular weight is 383 g/mol. The van der Waals surface area contributed by atoms with Crippen molar-refractivity contribution in [2.45, 2.75) is 34.8 Å². The van der Waals surface area contributed by atoms with E-state index in [0.29, 0.717) is 24.0 Å². The van der Waals surface area contributed by atoms with Gasteiger partial charge in [-0.05, 0) is 48.3 Å². The monoisotopic (exact) mass is 383 g/mol. The zero-order valence-corrected chi connectivity index (χ0v) is 15.2. The molecule has 0 bridgehead atoms. The summed E-state index contributed by atoms with van der Waals surface area (Å²) in [5.74, 6) is 2.94. The van der Waals surface area contributed by atoms with Crippen molar-refractivity contribution in [1.82, 2.24) is 34.1 Å². The van der Waals surface area contributed by atoms with Gasteiger partial charge in [-0.3, -0.25) is 9.55 Å². The summed E-state index contributed by atoms with van der Waals surface area (Å²) >= 11 is 2.87. The quantitative estimate of drug-likeness (QED) is 0.501. The minimum absolute atomic E-state index is 0.503. The van der Waals surface area contributed by atoms with E-state index in [0.717, 1.165) is 21.1 Å². The van der Waals surface area contributed by atoms with Crippen LogP contribution in [0.2, 0.25) is 0 Å². The first-order valence-electron chi connectivity index (χ1n) is 8.10. The van der Waals surface area contributed by atoms with Gasteiger partial charge < -0.3 is 4.42 Å². The van der Waals surface area contributed by atoms with Crippen molar-refractivity contribution < 1.29 is 4.42 Å². The highest BCUT2D eigenvalue weighted by Gasteiger charge is 2.28.